The fraction of sp³-hybridized carbons (Fsp3) is 0.143. The number of pyridine rings is 1. The molecule has 21 heavy (non-hydrogen) atoms. The maximum atomic E-state index is 12.3. The molecule has 0 fully saturated rings. The summed E-state index contributed by atoms with van der Waals surface area (Å²) in [5.74, 6) is 0.118. The number of hydrogen-bond donors (Lipinski definition) is 2. The molecule has 0 bridgehead atoms. The van der Waals surface area contributed by atoms with E-state index in [1.54, 1.807) is 18.2 Å². The molecule has 7 heteroatoms. The summed E-state index contributed by atoms with van der Waals surface area (Å²) in [6.45, 7) is -0.294. The Morgan fingerprint density at radius 3 is 2.57 bits per heavy atom. The number of aromatic nitrogens is 1. The Morgan fingerprint density at radius 2 is 2.00 bits per heavy atom. The van der Waals surface area contributed by atoms with E-state index in [1.807, 2.05) is 0 Å². The first-order chi connectivity index (χ1) is 10.1. The lowest BCUT2D eigenvalue weighted by atomic mass is 10.1. The molecule has 2 aromatic rings. The van der Waals surface area contributed by atoms with Gasteiger partial charge in [0, 0.05) is 18.0 Å². The fourth-order valence-corrected chi connectivity index (χ4v) is 2.22. The molecule has 0 aliphatic heterocycles. The second-order valence-corrected chi connectivity index (χ2v) is 4.93. The molecule has 0 spiro atoms. The Morgan fingerprint density at radius 1 is 1.33 bits per heavy atom. The van der Waals surface area contributed by atoms with Gasteiger partial charge in [-0.15, -0.1) is 0 Å². The summed E-state index contributed by atoms with van der Waals surface area (Å²) in [5.41, 5.74) is 1.02. The van der Waals surface area contributed by atoms with Gasteiger partial charge in [-0.25, -0.2) is 0 Å². The van der Waals surface area contributed by atoms with Crippen molar-refractivity contribution in [2.75, 3.05) is 12.4 Å². The number of amides is 1. The van der Waals surface area contributed by atoms with Crippen LogP contribution in [0, 0.1) is 0 Å². The van der Waals surface area contributed by atoms with Gasteiger partial charge in [-0.3, -0.25) is 9.78 Å². The fourth-order valence-electron chi connectivity index (χ4n) is 1.76. The third-order valence-corrected chi connectivity index (χ3v) is 3.39. The number of benzene rings is 1. The van der Waals surface area contributed by atoms with Crippen LogP contribution in [0.15, 0.2) is 30.6 Å². The highest BCUT2D eigenvalue weighted by Crippen LogP contribution is 2.29. The van der Waals surface area contributed by atoms with Crippen LogP contribution in [0.25, 0.3) is 0 Å². The molecule has 1 aromatic heterocycles. The van der Waals surface area contributed by atoms with Crippen LogP contribution in [0.2, 0.25) is 10.0 Å². The summed E-state index contributed by atoms with van der Waals surface area (Å²) < 4.78 is 5.05. The lowest BCUT2D eigenvalue weighted by molar-refractivity contribution is 0.102. The van der Waals surface area contributed by atoms with Crippen LogP contribution < -0.4 is 10.1 Å². The smallest absolute Gasteiger partial charge is 0.256 e. The van der Waals surface area contributed by atoms with Crippen LogP contribution in [0.5, 0.6) is 5.75 Å². The topological polar surface area (TPSA) is 71.5 Å². The van der Waals surface area contributed by atoms with Crippen LogP contribution in [0.1, 0.15) is 15.9 Å². The Hall–Kier alpha value is -1.82. The molecule has 0 aliphatic rings. The van der Waals surface area contributed by atoms with Crippen molar-refractivity contribution in [2.24, 2.45) is 0 Å². The number of aliphatic hydroxyl groups is 1. The number of nitrogens with zero attached hydrogens (tertiary/aromatic N) is 1. The molecule has 2 rings (SSSR count). The van der Waals surface area contributed by atoms with Gasteiger partial charge >= 0.3 is 0 Å². The van der Waals surface area contributed by atoms with E-state index < -0.39 is 5.91 Å². The largest absolute Gasteiger partial charge is 0.497 e. The first kappa shape index (κ1) is 15.6. The molecule has 0 atom stereocenters. The second kappa shape index (κ2) is 6.76. The van der Waals surface area contributed by atoms with Gasteiger partial charge in [0.1, 0.15) is 5.75 Å². The van der Waals surface area contributed by atoms with Crippen molar-refractivity contribution in [3.8, 4) is 5.75 Å². The first-order valence-corrected chi connectivity index (χ1v) is 6.70. The van der Waals surface area contributed by atoms with Gasteiger partial charge < -0.3 is 15.2 Å². The van der Waals surface area contributed by atoms with Gasteiger partial charge in [-0.2, -0.15) is 0 Å². The number of aliphatic hydroxyl groups excluding tert-OH is 1. The maximum Gasteiger partial charge on any atom is 0.256 e. The zero-order chi connectivity index (χ0) is 15.4. The third kappa shape index (κ3) is 3.44. The summed E-state index contributed by atoms with van der Waals surface area (Å²) in [6.07, 6.45) is 2.76. The molecule has 5 nitrogen and oxygen atoms in total. The molecule has 1 aromatic carbocycles. The van der Waals surface area contributed by atoms with Crippen molar-refractivity contribution in [1.29, 1.82) is 0 Å². The second-order valence-electron chi connectivity index (χ2n) is 4.11. The van der Waals surface area contributed by atoms with Crippen molar-refractivity contribution in [3.05, 3.63) is 51.8 Å². The quantitative estimate of drug-likeness (QED) is 0.905. The van der Waals surface area contributed by atoms with E-state index in [-0.39, 0.29) is 22.3 Å². The standard InChI is InChI=1S/C14H12Cl2N2O3/c1-21-9-2-3-10(8(4-9)7-19)14(20)18-13-11(15)5-17-6-12(13)16/h2-6,19H,7H2,1H3,(H,17,18,20). The minimum Gasteiger partial charge on any atom is -0.497 e. The third-order valence-electron chi connectivity index (χ3n) is 2.82. The first-order valence-electron chi connectivity index (χ1n) is 5.95. The van der Waals surface area contributed by atoms with Crippen LogP contribution in [0.4, 0.5) is 5.69 Å². The van der Waals surface area contributed by atoms with Gasteiger partial charge in [0.15, 0.2) is 0 Å². The van der Waals surface area contributed by atoms with Crippen LogP contribution in [-0.4, -0.2) is 23.1 Å². The van der Waals surface area contributed by atoms with Crippen molar-refractivity contribution in [2.45, 2.75) is 6.61 Å². The molecule has 110 valence electrons. The Balaban J connectivity index is 2.32. The summed E-state index contributed by atoms with van der Waals surface area (Å²) in [7, 11) is 1.51. The van der Waals surface area contributed by atoms with Gasteiger partial charge in [0.2, 0.25) is 0 Å². The van der Waals surface area contributed by atoms with Crippen LogP contribution in [-0.2, 0) is 6.61 Å². The number of hydrogen-bond acceptors (Lipinski definition) is 4. The number of halogens is 2. The molecule has 0 saturated carbocycles. The Kier molecular flexibility index (Phi) is 5.01. The molecule has 1 amide bonds. The highest BCUT2D eigenvalue weighted by Gasteiger charge is 2.15. The van der Waals surface area contributed by atoms with E-state index in [2.05, 4.69) is 10.3 Å². The lowest BCUT2D eigenvalue weighted by Crippen LogP contribution is -2.15. The van der Waals surface area contributed by atoms with Gasteiger partial charge in [-0.05, 0) is 23.8 Å². The molecular formula is C14H12Cl2N2O3. The summed E-state index contributed by atoms with van der Waals surface area (Å²) in [6, 6.07) is 4.78. The normalized spacial score (nSPS) is 10.3. The van der Waals surface area contributed by atoms with E-state index in [4.69, 9.17) is 27.9 Å². The van der Waals surface area contributed by atoms with Crippen LogP contribution >= 0.6 is 23.2 Å². The van der Waals surface area contributed by atoms with Gasteiger partial charge in [0.05, 0.1) is 29.4 Å². The number of anilines is 1. The van der Waals surface area contributed by atoms with E-state index >= 15 is 0 Å². The average molecular weight is 327 g/mol. The zero-order valence-electron chi connectivity index (χ0n) is 11.1. The molecule has 2 N–H and O–H groups in total. The number of rotatable bonds is 4. The molecule has 0 saturated heterocycles. The highest BCUT2D eigenvalue weighted by atomic mass is 35.5. The summed E-state index contributed by atoms with van der Waals surface area (Å²) >= 11 is 11.9. The number of methoxy groups -OCH3 is 1. The summed E-state index contributed by atoms with van der Waals surface area (Å²) in [4.78, 5) is 16.1. The SMILES string of the molecule is COc1ccc(C(=O)Nc2c(Cl)cncc2Cl)c(CO)c1. The van der Waals surface area contributed by atoms with Crippen molar-refractivity contribution in [3.63, 3.8) is 0 Å². The predicted molar refractivity (Wildman–Crippen MR) is 81.1 cm³/mol. The number of carbonyl (C=O) groups excluding carboxylic acids is 1. The molecule has 0 unspecified atom stereocenters. The molecular weight excluding hydrogens is 315 g/mol. The number of ether oxygens (including phenoxy) is 1. The minimum atomic E-state index is -0.434. The van der Waals surface area contributed by atoms with E-state index in [1.165, 1.54) is 19.5 Å². The van der Waals surface area contributed by atoms with Crippen molar-refractivity contribution in [1.82, 2.24) is 4.98 Å². The molecule has 0 aliphatic carbocycles. The maximum absolute atomic E-state index is 12.3. The van der Waals surface area contributed by atoms with Crippen molar-refractivity contribution < 1.29 is 14.6 Å². The highest BCUT2D eigenvalue weighted by molar-refractivity contribution is 6.39. The summed E-state index contributed by atoms with van der Waals surface area (Å²) in [5, 5.41) is 12.4. The predicted octanol–water partition coefficient (Wildman–Crippen LogP) is 3.14. The Bertz CT molecular complexity index is 657. The van der Waals surface area contributed by atoms with Gasteiger partial charge in [0.25, 0.3) is 5.91 Å². The average Bonchev–Trinajstić information content (AvgIpc) is 2.50. The zero-order valence-corrected chi connectivity index (χ0v) is 12.6. The number of nitrogens with one attached hydrogen (secondary N) is 1. The van der Waals surface area contributed by atoms with Crippen LogP contribution in [0.3, 0.4) is 0 Å². The minimum absolute atomic E-state index is 0.231. The lowest BCUT2D eigenvalue weighted by Gasteiger charge is -2.12. The van der Waals surface area contributed by atoms with Gasteiger partial charge in [-0.1, -0.05) is 23.2 Å². The number of carbonyl (C=O) groups is 1. The Labute approximate surface area is 131 Å². The van der Waals surface area contributed by atoms with E-state index in [0.717, 1.165) is 0 Å². The monoisotopic (exact) mass is 326 g/mol. The van der Waals surface area contributed by atoms with E-state index in [0.29, 0.717) is 16.9 Å². The molecule has 1 heterocycles. The van der Waals surface area contributed by atoms with Crippen molar-refractivity contribution >= 4 is 34.8 Å². The van der Waals surface area contributed by atoms with E-state index in [9.17, 15) is 9.90 Å². The molecule has 0 radical (unpaired) electrons.